The van der Waals surface area contributed by atoms with Crippen molar-refractivity contribution in [2.24, 2.45) is 0 Å². The molecular weight excluding hydrogens is 226 g/mol. The van der Waals surface area contributed by atoms with Gasteiger partial charge in [0.1, 0.15) is 5.75 Å². The van der Waals surface area contributed by atoms with Crippen LogP contribution in [0.25, 0.3) is 0 Å². The van der Waals surface area contributed by atoms with Crippen molar-refractivity contribution in [1.29, 1.82) is 0 Å². The van der Waals surface area contributed by atoms with Gasteiger partial charge in [-0.15, -0.1) is 0 Å². The molecule has 2 aromatic rings. The van der Waals surface area contributed by atoms with Crippen molar-refractivity contribution >= 4 is 0 Å². The quantitative estimate of drug-likeness (QED) is 0.865. The number of nitrogens with one attached hydrogen (secondary N) is 1. The summed E-state index contributed by atoms with van der Waals surface area (Å²) < 4.78 is 0. The van der Waals surface area contributed by atoms with Gasteiger partial charge in [-0.3, -0.25) is 9.97 Å². The van der Waals surface area contributed by atoms with Crippen LogP contribution in [-0.4, -0.2) is 15.1 Å². The first-order chi connectivity index (χ1) is 8.68. The SMILES string of the molecule is Cc1nccnc1C(C)NCc1ccccc1O. The third-order valence-electron chi connectivity index (χ3n) is 2.92. The third-order valence-corrected chi connectivity index (χ3v) is 2.92. The first-order valence-electron chi connectivity index (χ1n) is 5.96. The first-order valence-corrected chi connectivity index (χ1v) is 5.96. The minimum absolute atomic E-state index is 0.0957. The number of phenolic OH excluding ortho intramolecular Hbond substituents is 1. The second kappa shape index (κ2) is 5.60. The van der Waals surface area contributed by atoms with E-state index in [0.29, 0.717) is 12.3 Å². The van der Waals surface area contributed by atoms with Gasteiger partial charge in [0.2, 0.25) is 0 Å². The molecule has 1 aromatic heterocycles. The van der Waals surface area contributed by atoms with E-state index in [2.05, 4.69) is 15.3 Å². The van der Waals surface area contributed by atoms with Crippen LogP contribution in [-0.2, 0) is 6.54 Å². The van der Waals surface area contributed by atoms with E-state index in [1.54, 1.807) is 18.5 Å². The van der Waals surface area contributed by atoms with E-state index in [9.17, 15) is 5.11 Å². The molecule has 0 aliphatic rings. The summed E-state index contributed by atoms with van der Waals surface area (Å²) in [5, 5.41) is 13.0. The minimum atomic E-state index is 0.0957. The van der Waals surface area contributed by atoms with Crippen LogP contribution in [0.1, 0.15) is 29.9 Å². The van der Waals surface area contributed by atoms with E-state index in [4.69, 9.17) is 0 Å². The second-order valence-corrected chi connectivity index (χ2v) is 4.26. The van der Waals surface area contributed by atoms with E-state index < -0.39 is 0 Å². The number of aromatic nitrogens is 2. The highest BCUT2D eigenvalue weighted by Gasteiger charge is 2.10. The molecule has 1 atom stereocenters. The minimum Gasteiger partial charge on any atom is -0.508 e. The summed E-state index contributed by atoms with van der Waals surface area (Å²) in [7, 11) is 0. The summed E-state index contributed by atoms with van der Waals surface area (Å²) in [6, 6.07) is 7.41. The van der Waals surface area contributed by atoms with Gasteiger partial charge in [-0.25, -0.2) is 0 Å². The molecule has 0 aliphatic heterocycles. The number of hydrogen-bond acceptors (Lipinski definition) is 4. The van der Waals surface area contributed by atoms with Crippen molar-refractivity contribution in [2.75, 3.05) is 0 Å². The Morgan fingerprint density at radius 1 is 1.22 bits per heavy atom. The topological polar surface area (TPSA) is 58.0 Å². The largest absolute Gasteiger partial charge is 0.508 e. The van der Waals surface area contributed by atoms with Crippen LogP contribution >= 0.6 is 0 Å². The monoisotopic (exact) mass is 243 g/mol. The zero-order valence-electron chi connectivity index (χ0n) is 10.6. The molecule has 18 heavy (non-hydrogen) atoms. The van der Waals surface area contributed by atoms with Gasteiger partial charge in [-0.2, -0.15) is 0 Å². The number of hydrogen-bond donors (Lipinski definition) is 2. The van der Waals surface area contributed by atoms with Gasteiger partial charge in [0.25, 0.3) is 0 Å². The van der Waals surface area contributed by atoms with E-state index >= 15 is 0 Å². The van der Waals surface area contributed by atoms with Gasteiger partial charge in [0.15, 0.2) is 0 Å². The summed E-state index contributed by atoms with van der Waals surface area (Å²) in [6.07, 6.45) is 3.38. The van der Waals surface area contributed by atoms with Gasteiger partial charge in [0, 0.05) is 30.5 Å². The average Bonchev–Trinajstić information content (AvgIpc) is 2.38. The number of aryl methyl sites for hydroxylation is 1. The van der Waals surface area contributed by atoms with Crippen LogP contribution < -0.4 is 5.32 Å². The molecule has 1 aromatic carbocycles. The van der Waals surface area contributed by atoms with E-state index in [1.165, 1.54) is 0 Å². The molecule has 0 radical (unpaired) electrons. The summed E-state index contributed by atoms with van der Waals surface area (Å²) in [5.41, 5.74) is 2.74. The lowest BCUT2D eigenvalue weighted by molar-refractivity contribution is 0.459. The maximum atomic E-state index is 9.68. The Labute approximate surface area is 107 Å². The molecule has 4 nitrogen and oxygen atoms in total. The Morgan fingerprint density at radius 3 is 2.67 bits per heavy atom. The van der Waals surface area contributed by atoms with Crippen LogP contribution in [0.4, 0.5) is 0 Å². The van der Waals surface area contributed by atoms with Crippen molar-refractivity contribution in [3.8, 4) is 5.75 Å². The normalized spacial score (nSPS) is 12.3. The molecule has 0 saturated heterocycles. The fourth-order valence-electron chi connectivity index (χ4n) is 1.86. The van der Waals surface area contributed by atoms with Crippen molar-refractivity contribution < 1.29 is 5.11 Å². The van der Waals surface area contributed by atoms with Crippen LogP contribution in [0.2, 0.25) is 0 Å². The summed E-state index contributed by atoms with van der Waals surface area (Å²) in [5.74, 6) is 0.313. The van der Waals surface area contributed by atoms with E-state index in [0.717, 1.165) is 17.0 Å². The molecule has 4 heteroatoms. The smallest absolute Gasteiger partial charge is 0.120 e. The molecule has 1 unspecified atom stereocenters. The Hall–Kier alpha value is -1.94. The maximum Gasteiger partial charge on any atom is 0.120 e. The van der Waals surface area contributed by atoms with Gasteiger partial charge in [-0.05, 0) is 19.9 Å². The molecule has 0 spiro atoms. The Bertz CT molecular complexity index is 528. The van der Waals surface area contributed by atoms with Crippen molar-refractivity contribution in [3.63, 3.8) is 0 Å². The molecular formula is C14H17N3O. The molecule has 1 heterocycles. The van der Waals surface area contributed by atoms with Crippen LogP contribution in [0.3, 0.4) is 0 Å². The zero-order chi connectivity index (χ0) is 13.0. The highest BCUT2D eigenvalue weighted by Crippen LogP contribution is 2.17. The number of aromatic hydroxyl groups is 1. The van der Waals surface area contributed by atoms with Gasteiger partial charge >= 0.3 is 0 Å². The van der Waals surface area contributed by atoms with Crippen LogP contribution in [0.5, 0.6) is 5.75 Å². The molecule has 2 N–H and O–H groups in total. The number of phenols is 1. The Morgan fingerprint density at radius 2 is 1.94 bits per heavy atom. The molecule has 2 rings (SSSR count). The van der Waals surface area contributed by atoms with Crippen molar-refractivity contribution in [2.45, 2.75) is 26.4 Å². The molecule has 0 bridgehead atoms. The number of para-hydroxylation sites is 1. The zero-order valence-corrected chi connectivity index (χ0v) is 10.6. The predicted octanol–water partition coefficient (Wildman–Crippen LogP) is 2.34. The fourth-order valence-corrected chi connectivity index (χ4v) is 1.86. The average molecular weight is 243 g/mol. The van der Waals surface area contributed by atoms with Crippen molar-refractivity contribution in [1.82, 2.24) is 15.3 Å². The highest BCUT2D eigenvalue weighted by atomic mass is 16.3. The lowest BCUT2D eigenvalue weighted by atomic mass is 10.1. The maximum absolute atomic E-state index is 9.68. The summed E-state index contributed by atoms with van der Waals surface area (Å²) in [6.45, 7) is 4.58. The Kier molecular flexibility index (Phi) is 3.89. The number of rotatable bonds is 4. The molecule has 0 aliphatic carbocycles. The molecule has 94 valence electrons. The molecule has 0 saturated carbocycles. The Balaban J connectivity index is 2.03. The summed E-state index contributed by atoms with van der Waals surface area (Å²) >= 11 is 0. The molecule has 0 fully saturated rings. The van der Waals surface area contributed by atoms with E-state index in [1.807, 2.05) is 32.0 Å². The lowest BCUT2D eigenvalue weighted by Crippen LogP contribution is -2.20. The standard InChI is InChI=1S/C14H17N3O/c1-10-14(16-8-7-15-10)11(2)17-9-12-5-3-4-6-13(12)18/h3-8,11,17-18H,9H2,1-2H3. The van der Waals surface area contributed by atoms with Crippen molar-refractivity contribution in [3.05, 3.63) is 53.6 Å². The first kappa shape index (κ1) is 12.5. The van der Waals surface area contributed by atoms with Crippen LogP contribution in [0.15, 0.2) is 36.7 Å². The van der Waals surface area contributed by atoms with Crippen LogP contribution in [0, 0.1) is 6.92 Å². The highest BCUT2D eigenvalue weighted by molar-refractivity contribution is 5.31. The predicted molar refractivity (Wildman–Crippen MR) is 70.1 cm³/mol. The number of nitrogens with zero attached hydrogens (tertiary/aromatic N) is 2. The van der Waals surface area contributed by atoms with Gasteiger partial charge in [-0.1, -0.05) is 18.2 Å². The molecule has 0 amide bonds. The fraction of sp³-hybridized carbons (Fsp3) is 0.286. The van der Waals surface area contributed by atoms with E-state index in [-0.39, 0.29) is 6.04 Å². The second-order valence-electron chi connectivity index (χ2n) is 4.26. The number of benzene rings is 1. The van der Waals surface area contributed by atoms with Gasteiger partial charge < -0.3 is 10.4 Å². The van der Waals surface area contributed by atoms with Gasteiger partial charge in [0.05, 0.1) is 11.4 Å². The summed E-state index contributed by atoms with van der Waals surface area (Å²) in [4.78, 5) is 8.55. The third kappa shape index (κ3) is 2.84. The lowest BCUT2D eigenvalue weighted by Gasteiger charge is -2.15.